The van der Waals surface area contributed by atoms with Gasteiger partial charge in [-0.25, -0.2) is 0 Å². The van der Waals surface area contributed by atoms with Crippen LogP contribution in [0, 0.1) is 17.8 Å². The fraction of sp³-hybridized carbons (Fsp3) is 0.609. The first-order valence-electron chi connectivity index (χ1n) is 10.0. The number of hydrogen-bond donors (Lipinski definition) is 0. The molecule has 1 aliphatic heterocycles. The molecule has 6 atom stereocenters. The Labute approximate surface area is 161 Å². The number of carbonyl (C=O) groups excluding carboxylic acids is 1. The Kier molecular flexibility index (Phi) is 4.94. The second kappa shape index (κ2) is 7.07. The lowest BCUT2D eigenvalue weighted by Crippen LogP contribution is -2.44. The molecule has 0 amide bonds. The highest BCUT2D eigenvalue weighted by Crippen LogP contribution is 2.47. The molecule has 3 heteroatoms. The highest BCUT2D eigenvalue weighted by molar-refractivity contribution is 8.01. The summed E-state index contributed by atoms with van der Waals surface area (Å²) in [6.07, 6.45) is 8.97. The lowest BCUT2D eigenvalue weighted by Gasteiger charge is -2.44. The van der Waals surface area contributed by atoms with Crippen molar-refractivity contribution >= 4 is 17.7 Å². The summed E-state index contributed by atoms with van der Waals surface area (Å²) in [5.41, 5.74) is 1.35. The first-order valence-corrected chi connectivity index (χ1v) is 11.0. The highest BCUT2D eigenvalue weighted by Gasteiger charge is 2.46. The van der Waals surface area contributed by atoms with Crippen molar-refractivity contribution in [2.45, 2.75) is 68.5 Å². The van der Waals surface area contributed by atoms with Crippen LogP contribution in [-0.4, -0.2) is 22.6 Å². The topological polar surface area (TPSA) is 26.3 Å². The lowest BCUT2D eigenvalue weighted by molar-refractivity contribution is -0.156. The van der Waals surface area contributed by atoms with Gasteiger partial charge in [0.25, 0.3) is 0 Å². The summed E-state index contributed by atoms with van der Waals surface area (Å²) in [5, 5.41) is 0.544. The Balaban J connectivity index is 1.52. The van der Waals surface area contributed by atoms with E-state index in [1.54, 1.807) is 11.8 Å². The largest absolute Gasteiger partial charge is 0.461 e. The van der Waals surface area contributed by atoms with E-state index in [9.17, 15) is 4.79 Å². The van der Waals surface area contributed by atoms with Crippen LogP contribution in [0.5, 0.6) is 0 Å². The second-order valence-electron chi connectivity index (χ2n) is 8.97. The van der Waals surface area contributed by atoms with E-state index >= 15 is 0 Å². The van der Waals surface area contributed by atoms with E-state index in [0.717, 1.165) is 19.3 Å². The van der Waals surface area contributed by atoms with Gasteiger partial charge in [0.15, 0.2) is 0 Å². The maximum Gasteiger partial charge on any atom is 0.319 e. The number of hydrogen-bond acceptors (Lipinski definition) is 3. The fourth-order valence-electron chi connectivity index (χ4n) is 5.12. The molecule has 4 rings (SSSR count). The number of carbonyl (C=O) groups is 1. The van der Waals surface area contributed by atoms with Crippen molar-refractivity contribution in [2.24, 2.45) is 17.8 Å². The molecule has 2 bridgehead atoms. The van der Waals surface area contributed by atoms with Gasteiger partial charge in [-0.1, -0.05) is 69.7 Å². The van der Waals surface area contributed by atoms with Crippen LogP contribution in [0.25, 0.3) is 0 Å². The molecule has 26 heavy (non-hydrogen) atoms. The summed E-state index contributed by atoms with van der Waals surface area (Å²) < 4.78 is 6.23. The molecule has 0 N–H and O–H groups in total. The van der Waals surface area contributed by atoms with Crippen LogP contribution in [0.1, 0.15) is 52.0 Å². The molecular weight excluding hydrogens is 340 g/mol. The van der Waals surface area contributed by atoms with Crippen molar-refractivity contribution in [3.63, 3.8) is 0 Å². The van der Waals surface area contributed by atoms with E-state index in [1.807, 2.05) is 0 Å². The van der Waals surface area contributed by atoms with Gasteiger partial charge in [-0.15, -0.1) is 11.8 Å². The van der Waals surface area contributed by atoms with E-state index in [0.29, 0.717) is 23.0 Å². The molecule has 2 aliphatic carbocycles. The number of rotatable bonds is 4. The zero-order valence-electron chi connectivity index (χ0n) is 16.1. The van der Waals surface area contributed by atoms with E-state index < -0.39 is 0 Å². The minimum Gasteiger partial charge on any atom is -0.461 e. The van der Waals surface area contributed by atoms with Gasteiger partial charge in [-0.3, -0.25) is 4.79 Å². The molecule has 3 aliphatic rings. The van der Waals surface area contributed by atoms with Crippen molar-refractivity contribution in [1.82, 2.24) is 0 Å². The summed E-state index contributed by atoms with van der Waals surface area (Å²) in [5.74, 6) is 1.42. The van der Waals surface area contributed by atoms with Crippen LogP contribution in [0.4, 0.5) is 0 Å². The normalized spacial score (nSPS) is 36.3. The molecule has 2 fully saturated rings. The smallest absolute Gasteiger partial charge is 0.319 e. The summed E-state index contributed by atoms with van der Waals surface area (Å²) >= 11 is 1.80. The third kappa shape index (κ3) is 3.35. The van der Waals surface area contributed by atoms with Crippen molar-refractivity contribution in [1.29, 1.82) is 0 Å². The molecule has 0 unspecified atom stereocenters. The van der Waals surface area contributed by atoms with Gasteiger partial charge < -0.3 is 4.74 Å². The maximum absolute atomic E-state index is 12.9. The number of fused-ring (bicyclic) bond motifs is 2. The zero-order valence-corrected chi connectivity index (χ0v) is 16.9. The van der Waals surface area contributed by atoms with E-state index in [-0.39, 0.29) is 22.7 Å². The molecule has 0 radical (unpaired) electrons. The summed E-state index contributed by atoms with van der Waals surface area (Å²) in [6, 6.07) is 10.7. The molecule has 0 spiro atoms. The maximum atomic E-state index is 12.9. The fourth-order valence-corrected chi connectivity index (χ4v) is 6.58. The van der Waals surface area contributed by atoms with Crippen LogP contribution in [0.15, 0.2) is 42.5 Å². The third-order valence-electron chi connectivity index (χ3n) is 6.79. The minimum absolute atomic E-state index is 0.00801. The van der Waals surface area contributed by atoms with E-state index in [4.69, 9.17) is 4.74 Å². The number of esters is 1. The van der Waals surface area contributed by atoms with Crippen LogP contribution in [0.3, 0.4) is 0 Å². The standard InChI is InChI=1S/C23H30O2S/c1-15-9-12-19(23(2,3)17-7-5-4-6-8-17)20(13-15)25-22(24)21-16-10-11-18(14-16)26-21/h4-8,10-11,15-16,18-21H,9,12-14H2,1-3H3/t15-,16-,18+,19-,20-,21+/m1/s1. The predicted octanol–water partition coefficient (Wildman–Crippen LogP) is 5.37. The quantitative estimate of drug-likeness (QED) is 0.526. The molecule has 1 aromatic carbocycles. The van der Waals surface area contributed by atoms with Gasteiger partial charge in [0.05, 0.1) is 0 Å². The molecule has 140 valence electrons. The van der Waals surface area contributed by atoms with Gasteiger partial charge in [0.2, 0.25) is 0 Å². The lowest BCUT2D eigenvalue weighted by atomic mass is 9.64. The highest BCUT2D eigenvalue weighted by atomic mass is 32.2. The summed E-state index contributed by atoms with van der Waals surface area (Å²) in [4.78, 5) is 12.9. The third-order valence-corrected chi connectivity index (χ3v) is 8.32. The molecule has 1 heterocycles. The molecule has 1 aromatic rings. The molecular formula is C23H30O2S. The Hall–Kier alpha value is -1.22. The molecule has 1 saturated carbocycles. The van der Waals surface area contributed by atoms with Crippen LogP contribution < -0.4 is 0 Å². The van der Waals surface area contributed by atoms with Crippen LogP contribution in [-0.2, 0) is 14.9 Å². The minimum atomic E-state index is 0.00801. The molecule has 1 saturated heterocycles. The SMILES string of the molecule is C[C@@H]1CC[C@@H](C(C)(C)c2ccccc2)[C@H](OC(=O)[C@H]2S[C@H]3C=C[C@@H]2C3)C1. The first kappa shape index (κ1) is 18.2. The average molecular weight is 371 g/mol. The Bertz CT molecular complexity index is 681. The predicted molar refractivity (Wildman–Crippen MR) is 108 cm³/mol. The van der Waals surface area contributed by atoms with Gasteiger partial charge in [-0.05, 0) is 36.2 Å². The zero-order chi connectivity index (χ0) is 18.3. The number of thioether (sulfide) groups is 1. The van der Waals surface area contributed by atoms with Crippen molar-refractivity contribution in [3.8, 4) is 0 Å². The number of benzene rings is 1. The number of allylic oxidation sites excluding steroid dienone is 1. The Morgan fingerprint density at radius 3 is 2.54 bits per heavy atom. The second-order valence-corrected chi connectivity index (χ2v) is 10.4. The Morgan fingerprint density at radius 1 is 1.12 bits per heavy atom. The molecule has 2 nitrogen and oxygen atoms in total. The van der Waals surface area contributed by atoms with Crippen molar-refractivity contribution in [3.05, 3.63) is 48.0 Å². The van der Waals surface area contributed by atoms with Gasteiger partial charge in [0, 0.05) is 17.1 Å². The van der Waals surface area contributed by atoms with Gasteiger partial charge in [0.1, 0.15) is 11.4 Å². The van der Waals surface area contributed by atoms with Crippen LogP contribution in [0.2, 0.25) is 0 Å². The van der Waals surface area contributed by atoms with Crippen LogP contribution >= 0.6 is 11.8 Å². The summed E-state index contributed by atoms with van der Waals surface area (Å²) in [6.45, 7) is 6.93. The Morgan fingerprint density at radius 2 is 1.88 bits per heavy atom. The van der Waals surface area contributed by atoms with Crippen molar-refractivity contribution < 1.29 is 9.53 Å². The van der Waals surface area contributed by atoms with Gasteiger partial charge in [-0.2, -0.15) is 0 Å². The number of ether oxygens (including phenoxy) is 1. The van der Waals surface area contributed by atoms with Crippen molar-refractivity contribution in [2.75, 3.05) is 0 Å². The van der Waals surface area contributed by atoms with E-state index in [1.165, 1.54) is 12.0 Å². The van der Waals surface area contributed by atoms with Gasteiger partial charge >= 0.3 is 5.97 Å². The molecule has 0 aromatic heterocycles. The van der Waals surface area contributed by atoms with E-state index in [2.05, 4.69) is 63.3 Å². The first-order chi connectivity index (χ1) is 12.4. The summed E-state index contributed by atoms with van der Waals surface area (Å²) in [7, 11) is 0. The monoisotopic (exact) mass is 370 g/mol. The average Bonchev–Trinajstić information content (AvgIpc) is 3.26.